The summed E-state index contributed by atoms with van der Waals surface area (Å²) >= 11 is 0. The van der Waals surface area contributed by atoms with Crippen LogP contribution in [0.1, 0.15) is 28.1 Å². The van der Waals surface area contributed by atoms with Crippen molar-refractivity contribution >= 4 is 11.5 Å². The smallest absolute Gasteiger partial charge is 0.366 e. The van der Waals surface area contributed by atoms with Crippen LogP contribution < -0.4 is 10.2 Å². The highest BCUT2D eigenvalue weighted by Gasteiger charge is 2.32. The molecule has 3 aromatic rings. The van der Waals surface area contributed by atoms with Crippen molar-refractivity contribution in [1.29, 1.82) is 5.26 Å². The van der Waals surface area contributed by atoms with Gasteiger partial charge in [-0.15, -0.1) is 0 Å². The molecule has 0 bridgehead atoms. The molecule has 0 amide bonds. The number of aromatic nitrogens is 3. The summed E-state index contributed by atoms with van der Waals surface area (Å²) in [6.07, 6.45) is -1.07. The van der Waals surface area contributed by atoms with Crippen molar-refractivity contribution in [1.82, 2.24) is 15.0 Å². The Morgan fingerprint density at radius 3 is 2.67 bits per heavy atom. The molecule has 2 aromatic heterocycles. The lowest BCUT2D eigenvalue weighted by molar-refractivity contribution is -0.141. The maximum absolute atomic E-state index is 12.7. The summed E-state index contributed by atoms with van der Waals surface area (Å²) in [6.45, 7) is 1.54. The van der Waals surface area contributed by atoms with Crippen LogP contribution in [-0.4, -0.2) is 21.5 Å². The molecular formula is C21H17F3N6. The molecule has 1 N–H and O–H groups in total. The molecule has 30 heavy (non-hydrogen) atoms. The van der Waals surface area contributed by atoms with E-state index in [0.29, 0.717) is 29.9 Å². The minimum absolute atomic E-state index is 0.281. The number of benzene rings is 1. The summed E-state index contributed by atoms with van der Waals surface area (Å²) < 4.78 is 38.0. The fraction of sp³-hybridized carbons (Fsp3) is 0.238. The number of hydrogen-bond donors (Lipinski definition) is 1. The van der Waals surface area contributed by atoms with Crippen LogP contribution in [0.3, 0.4) is 0 Å². The summed E-state index contributed by atoms with van der Waals surface area (Å²) in [5.74, 6) is 0.624. The molecule has 0 unspecified atom stereocenters. The van der Waals surface area contributed by atoms with Gasteiger partial charge < -0.3 is 10.2 Å². The van der Waals surface area contributed by atoms with Gasteiger partial charge in [0.25, 0.3) is 0 Å². The number of nitrogens with one attached hydrogen (secondary N) is 1. The standard InChI is InChI=1S/C21H17F3N6/c22-21(23,24)19-6-5-14(10-26-19)11-27-20-16-12-30(8-7-17(16)28-13-29-20)18-4-2-1-3-15(18)9-25/h1-6,10,13H,7-8,11-12H2,(H,27,28,29). The predicted molar refractivity (Wildman–Crippen MR) is 105 cm³/mol. The van der Waals surface area contributed by atoms with Crippen molar-refractivity contribution in [3.8, 4) is 6.07 Å². The van der Waals surface area contributed by atoms with E-state index >= 15 is 0 Å². The predicted octanol–water partition coefficient (Wildman–Crippen LogP) is 3.94. The average Bonchev–Trinajstić information content (AvgIpc) is 2.77. The van der Waals surface area contributed by atoms with E-state index in [-0.39, 0.29) is 6.54 Å². The second-order valence-corrected chi connectivity index (χ2v) is 6.85. The first-order chi connectivity index (χ1) is 14.5. The summed E-state index contributed by atoms with van der Waals surface area (Å²) in [7, 11) is 0. The molecule has 0 atom stereocenters. The van der Waals surface area contributed by atoms with E-state index < -0.39 is 11.9 Å². The number of nitrogens with zero attached hydrogens (tertiary/aromatic N) is 5. The highest BCUT2D eigenvalue weighted by atomic mass is 19.4. The first-order valence-electron chi connectivity index (χ1n) is 9.28. The average molecular weight is 410 g/mol. The van der Waals surface area contributed by atoms with Gasteiger partial charge in [-0.25, -0.2) is 9.97 Å². The maximum atomic E-state index is 12.7. The van der Waals surface area contributed by atoms with Gasteiger partial charge in [0.1, 0.15) is 23.9 Å². The van der Waals surface area contributed by atoms with Crippen molar-refractivity contribution in [2.75, 3.05) is 16.8 Å². The van der Waals surface area contributed by atoms with Gasteiger partial charge in [0.2, 0.25) is 0 Å². The van der Waals surface area contributed by atoms with Gasteiger partial charge in [0.15, 0.2) is 0 Å². The molecule has 0 radical (unpaired) electrons. The van der Waals surface area contributed by atoms with Gasteiger partial charge >= 0.3 is 6.18 Å². The first-order valence-corrected chi connectivity index (χ1v) is 9.28. The van der Waals surface area contributed by atoms with Crippen LogP contribution in [0.5, 0.6) is 0 Å². The van der Waals surface area contributed by atoms with E-state index in [2.05, 4.69) is 31.2 Å². The number of halogens is 3. The van der Waals surface area contributed by atoms with Gasteiger partial charge in [-0.3, -0.25) is 4.98 Å². The summed E-state index contributed by atoms with van der Waals surface area (Å²) in [6, 6.07) is 12.0. The molecular weight excluding hydrogens is 393 g/mol. The van der Waals surface area contributed by atoms with E-state index in [1.54, 1.807) is 6.07 Å². The van der Waals surface area contributed by atoms with Crippen LogP contribution in [0, 0.1) is 11.3 Å². The van der Waals surface area contributed by atoms with Crippen LogP contribution in [0.4, 0.5) is 24.7 Å². The lowest BCUT2D eigenvalue weighted by Crippen LogP contribution is -2.32. The Hall–Kier alpha value is -3.67. The van der Waals surface area contributed by atoms with Gasteiger partial charge in [0.05, 0.1) is 16.9 Å². The Morgan fingerprint density at radius 2 is 1.93 bits per heavy atom. The third-order valence-corrected chi connectivity index (χ3v) is 4.94. The molecule has 1 aliphatic heterocycles. The first kappa shape index (κ1) is 19.6. The van der Waals surface area contributed by atoms with E-state index in [9.17, 15) is 18.4 Å². The van der Waals surface area contributed by atoms with Gasteiger partial charge in [-0.1, -0.05) is 18.2 Å². The molecule has 0 aliphatic carbocycles. The molecule has 0 spiro atoms. The lowest BCUT2D eigenvalue weighted by atomic mass is 10.0. The molecule has 1 aliphatic rings. The molecule has 0 fully saturated rings. The van der Waals surface area contributed by atoms with Crippen LogP contribution in [0.25, 0.3) is 0 Å². The normalized spacial score (nSPS) is 13.5. The Bertz CT molecular complexity index is 1090. The Labute approximate surface area is 171 Å². The largest absolute Gasteiger partial charge is 0.433 e. The highest BCUT2D eigenvalue weighted by molar-refractivity contribution is 5.61. The van der Waals surface area contributed by atoms with Crippen molar-refractivity contribution in [3.05, 3.63) is 77.0 Å². The lowest BCUT2D eigenvalue weighted by Gasteiger charge is -2.31. The fourth-order valence-corrected chi connectivity index (χ4v) is 3.43. The molecule has 9 heteroatoms. The van der Waals surface area contributed by atoms with Crippen LogP contribution in [-0.2, 0) is 25.7 Å². The SMILES string of the molecule is N#Cc1ccccc1N1CCc2ncnc(NCc3ccc(C(F)(F)F)nc3)c2C1. The van der Waals surface area contributed by atoms with E-state index in [4.69, 9.17) is 0 Å². The number of fused-ring (bicyclic) bond motifs is 1. The Morgan fingerprint density at radius 1 is 1.10 bits per heavy atom. The number of nitriles is 1. The third-order valence-electron chi connectivity index (χ3n) is 4.94. The fourth-order valence-electron chi connectivity index (χ4n) is 3.43. The quantitative estimate of drug-likeness (QED) is 0.702. The minimum Gasteiger partial charge on any atom is -0.366 e. The molecule has 6 nitrogen and oxygen atoms in total. The van der Waals surface area contributed by atoms with E-state index in [1.165, 1.54) is 18.6 Å². The van der Waals surface area contributed by atoms with Crippen molar-refractivity contribution in [2.45, 2.75) is 25.7 Å². The molecule has 3 heterocycles. The Balaban J connectivity index is 1.53. The summed E-state index contributed by atoms with van der Waals surface area (Å²) in [4.78, 5) is 14.3. The summed E-state index contributed by atoms with van der Waals surface area (Å²) in [5, 5.41) is 12.6. The molecule has 0 saturated heterocycles. The van der Waals surface area contributed by atoms with E-state index in [0.717, 1.165) is 29.6 Å². The number of pyridine rings is 1. The second kappa shape index (κ2) is 7.99. The zero-order valence-electron chi connectivity index (χ0n) is 15.8. The molecule has 0 saturated carbocycles. The number of rotatable bonds is 4. The van der Waals surface area contributed by atoms with Crippen LogP contribution in [0.2, 0.25) is 0 Å². The summed E-state index contributed by atoms with van der Waals surface area (Å²) in [5.41, 5.74) is 2.98. The zero-order valence-corrected chi connectivity index (χ0v) is 15.8. The highest BCUT2D eigenvalue weighted by Crippen LogP contribution is 2.30. The number of anilines is 2. The zero-order chi connectivity index (χ0) is 21.1. The third kappa shape index (κ3) is 4.03. The maximum Gasteiger partial charge on any atom is 0.433 e. The van der Waals surface area contributed by atoms with Gasteiger partial charge in [-0.2, -0.15) is 18.4 Å². The van der Waals surface area contributed by atoms with Crippen LogP contribution >= 0.6 is 0 Å². The molecule has 1 aromatic carbocycles. The van der Waals surface area contributed by atoms with Crippen LogP contribution in [0.15, 0.2) is 48.9 Å². The van der Waals surface area contributed by atoms with Crippen molar-refractivity contribution in [3.63, 3.8) is 0 Å². The molecule has 4 rings (SSSR count). The second-order valence-electron chi connectivity index (χ2n) is 6.85. The van der Waals surface area contributed by atoms with Gasteiger partial charge in [0, 0.05) is 37.8 Å². The molecule has 152 valence electrons. The minimum atomic E-state index is -4.46. The van der Waals surface area contributed by atoms with Crippen molar-refractivity contribution in [2.24, 2.45) is 0 Å². The number of alkyl halides is 3. The van der Waals surface area contributed by atoms with Crippen molar-refractivity contribution < 1.29 is 13.2 Å². The van der Waals surface area contributed by atoms with Gasteiger partial charge in [-0.05, 0) is 23.8 Å². The number of hydrogen-bond acceptors (Lipinski definition) is 6. The number of para-hydroxylation sites is 1. The van der Waals surface area contributed by atoms with E-state index in [1.807, 2.05) is 18.2 Å². The Kier molecular flexibility index (Phi) is 5.23. The topological polar surface area (TPSA) is 77.7 Å². The monoisotopic (exact) mass is 410 g/mol.